The van der Waals surface area contributed by atoms with Gasteiger partial charge in [-0.3, -0.25) is 14.5 Å². The van der Waals surface area contributed by atoms with Crippen LogP contribution in [0.25, 0.3) is 0 Å². The minimum Gasteiger partial charge on any atom is -0.459 e. The Hall–Kier alpha value is -2.60. The fourth-order valence-corrected chi connectivity index (χ4v) is 4.11. The molecule has 1 aromatic carbocycles. The first-order chi connectivity index (χ1) is 13.7. The van der Waals surface area contributed by atoms with Crippen molar-refractivity contribution in [3.8, 4) is 0 Å². The number of piperazine rings is 1. The van der Waals surface area contributed by atoms with E-state index in [1.807, 2.05) is 11.0 Å². The summed E-state index contributed by atoms with van der Waals surface area (Å²) in [6, 6.07) is 13.9. The van der Waals surface area contributed by atoms with Crippen LogP contribution in [-0.2, 0) is 11.3 Å². The van der Waals surface area contributed by atoms with E-state index >= 15 is 0 Å². The van der Waals surface area contributed by atoms with Crippen molar-refractivity contribution in [2.75, 3.05) is 39.3 Å². The van der Waals surface area contributed by atoms with E-state index in [4.69, 9.17) is 4.42 Å². The minimum absolute atomic E-state index is 0.0290. The predicted octanol–water partition coefficient (Wildman–Crippen LogP) is 2.48. The molecule has 0 unspecified atom stereocenters. The second-order valence-corrected chi connectivity index (χ2v) is 7.63. The Kier molecular flexibility index (Phi) is 5.76. The summed E-state index contributed by atoms with van der Waals surface area (Å²) in [7, 11) is 0. The van der Waals surface area contributed by atoms with Gasteiger partial charge >= 0.3 is 0 Å². The molecule has 28 heavy (non-hydrogen) atoms. The highest BCUT2D eigenvalue weighted by molar-refractivity contribution is 5.91. The number of furan rings is 1. The molecule has 6 nitrogen and oxygen atoms in total. The molecule has 2 amide bonds. The van der Waals surface area contributed by atoms with E-state index in [1.54, 1.807) is 17.0 Å². The van der Waals surface area contributed by atoms with Gasteiger partial charge in [-0.1, -0.05) is 30.3 Å². The van der Waals surface area contributed by atoms with E-state index in [1.165, 1.54) is 11.8 Å². The third-order valence-corrected chi connectivity index (χ3v) is 5.80. The molecule has 0 spiro atoms. The number of benzene rings is 1. The molecule has 0 saturated carbocycles. The molecule has 6 heteroatoms. The molecule has 1 aromatic heterocycles. The van der Waals surface area contributed by atoms with E-state index < -0.39 is 0 Å². The zero-order valence-electron chi connectivity index (χ0n) is 16.1. The first kappa shape index (κ1) is 18.7. The van der Waals surface area contributed by atoms with Crippen LogP contribution in [-0.4, -0.2) is 65.8 Å². The van der Waals surface area contributed by atoms with Gasteiger partial charge in [0.15, 0.2) is 5.76 Å². The molecule has 3 heterocycles. The van der Waals surface area contributed by atoms with Crippen LogP contribution in [0.4, 0.5) is 0 Å². The van der Waals surface area contributed by atoms with Crippen molar-refractivity contribution >= 4 is 11.8 Å². The normalized spacial score (nSPS) is 19.0. The summed E-state index contributed by atoms with van der Waals surface area (Å²) in [5.41, 5.74) is 1.32. The Labute approximate surface area is 165 Å². The number of amides is 2. The third kappa shape index (κ3) is 4.28. The highest BCUT2D eigenvalue weighted by Gasteiger charge is 2.32. The molecule has 0 aliphatic carbocycles. The zero-order valence-corrected chi connectivity index (χ0v) is 16.1. The quantitative estimate of drug-likeness (QED) is 0.816. The van der Waals surface area contributed by atoms with Crippen LogP contribution >= 0.6 is 0 Å². The fourth-order valence-electron chi connectivity index (χ4n) is 4.11. The number of piperidine rings is 1. The van der Waals surface area contributed by atoms with Gasteiger partial charge in [-0.2, -0.15) is 0 Å². The number of likely N-dealkylation sites (tertiary alicyclic amines) is 1. The van der Waals surface area contributed by atoms with Gasteiger partial charge in [0.25, 0.3) is 5.91 Å². The van der Waals surface area contributed by atoms with Crippen molar-refractivity contribution < 1.29 is 14.0 Å². The SMILES string of the molecule is O=C(c1ccco1)N1CCC(C(=O)N2CCN(Cc3ccccc3)CC2)CC1. The Morgan fingerprint density at radius 2 is 1.57 bits per heavy atom. The van der Waals surface area contributed by atoms with Crippen molar-refractivity contribution in [3.05, 3.63) is 60.1 Å². The highest BCUT2D eigenvalue weighted by Crippen LogP contribution is 2.22. The molecule has 2 saturated heterocycles. The van der Waals surface area contributed by atoms with E-state index in [9.17, 15) is 9.59 Å². The van der Waals surface area contributed by atoms with Gasteiger partial charge in [0.2, 0.25) is 5.91 Å². The number of carbonyl (C=O) groups excluding carboxylic acids is 2. The van der Waals surface area contributed by atoms with E-state index in [-0.39, 0.29) is 17.7 Å². The molecule has 2 aliphatic rings. The summed E-state index contributed by atoms with van der Waals surface area (Å²) in [5.74, 6) is 0.579. The van der Waals surface area contributed by atoms with Crippen molar-refractivity contribution in [3.63, 3.8) is 0 Å². The molecule has 148 valence electrons. The highest BCUT2D eigenvalue weighted by atomic mass is 16.3. The zero-order chi connectivity index (χ0) is 19.3. The summed E-state index contributed by atoms with van der Waals surface area (Å²) >= 11 is 0. The molecule has 0 N–H and O–H groups in total. The van der Waals surface area contributed by atoms with E-state index in [2.05, 4.69) is 29.2 Å². The monoisotopic (exact) mass is 381 g/mol. The van der Waals surface area contributed by atoms with Crippen LogP contribution in [0.5, 0.6) is 0 Å². The standard InChI is InChI=1S/C22H27N3O3/c26-21(19-8-10-24(11-9-19)22(27)20-7-4-16-28-20)25-14-12-23(13-15-25)17-18-5-2-1-3-6-18/h1-7,16,19H,8-15,17H2. The maximum absolute atomic E-state index is 12.9. The molecule has 0 bridgehead atoms. The number of carbonyl (C=O) groups is 2. The van der Waals surface area contributed by atoms with Crippen LogP contribution in [0.2, 0.25) is 0 Å². The van der Waals surface area contributed by atoms with Gasteiger partial charge in [-0.15, -0.1) is 0 Å². The summed E-state index contributed by atoms with van der Waals surface area (Å²) in [6.07, 6.45) is 2.98. The molecular formula is C22H27N3O3. The molecule has 2 aliphatic heterocycles. The van der Waals surface area contributed by atoms with Gasteiger partial charge in [0, 0.05) is 51.7 Å². The molecule has 4 rings (SSSR count). The lowest BCUT2D eigenvalue weighted by Gasteiger charge is -2.38. The fraction of sp³-hybridized carbons (Fsp3) is 0.455. The average molecular weight is 381 g/mol. The topological polar surface area (TPSA) is 57.0 Å². The number of rotatable bonds is 4. The first-order valence-corrected chi connectivity index (χ1v) is 10.1. The van der Waals surface area contributed by atoms with Crippen molar-refractivity contribution in [1.29, 1.82) is 0 Å². The van der Waals surface area contributed by atoms with Crippen LogP contribution in [0.3, 0.4) is 0 Å². The van der Waals surface area contributed by atoms with Gasteiger partial charge in [-0.25, -0.2) is 0 Å². The van der Waals surface area contributed by atoms with Crippen molar-refractivity contribution in [1.82, 2.24) is 14.7 Å². The Balaban J connectivity index is 1.23. The Morgan fingerprint density at radius 1 is 0.857 bits per heavy atom. The second kappa shape index (κ2) is 8.61. The smallest absolute Gasteiger partial charge is 0.289 e. The lowest BCUT2D eigenvalue weighted by Crippen LogP contribution is -2.51. The van der Waals surface area contributed by atoms with Gasteiger partial charge in [0.05, 0.1) is 6.26 Å². The van der Waals surface area contributed by atoms with Crippen LogP contribution < -0.4 is 0 Å². The van der Waals surface area contributed by atoms with Crippen LogP contribution in [0.15, 0.2) is 53.1 Å². The number of hydrogen-bond donors (Lipinski definition) is 0. The molecule has 0 atom stereocenters. The lowest BCUT2D eigenvalue weighted by atomic mass is 9.94. The number of hydrogen-bond acceptors (Lipinski definition) is 4. The van der Waals surface area contributed by atoms with Crippen LogP contribution in [0, 0.1) is 5.92 Å². The van der Waals surface area contributed by atoms with Gasteiger partial charge in [-0.05, 0) is 30.5 Å². The summed E-state index contributed by atoms with van der Waals surface area (Å²) in [4.78, 5) is 31.5. The van der Waals surface area contributed by atoms with Crippen molar-refractivity contribution in [2.24, 2.45) is 5.92 Å². The maximum atomic E-state index is 12.9. The summed E-state index contributed by atoms with van der Waals surface area (Å²) < 4.78 is 5.20. The number of nitrogens with zero attached hydrogens (tertiary/aromatic N) is 3. The Bertz CT molecular complexity index is 775. The van der Waals surface area contributed by atoms with Gasteiger partial charge in [0.1, 0.15) is 0 Å². The van der Waals surface area contributed by atoms with Crippen LogP contribution in [0.1, 0.15) is 29.0 Å². The predicted molar refractivity (Wildman–Crippen MR) is 106 cm³/mol. The molecule has 0 radical (unpaired) electrons. The van der Waals surface area contributed by atoms with Gasteiger partial charge < -0.3 is 14.2 Å². The lowest BCUT2D eigenvalue weighted by molar-refractivity contribution is -0.138. The molecular weight excluding hydrogens is 354 g/mol. The van der Waals surface area contributed by atoms with E-state index in [0.717, 1.165) is 45.6 Å². The second-order valence-electron chi connectivity index (χ2n) is 7.63. The molecule has 2 aromatic rings. The molecule has 2 fully saturated rings. The largest absolute Gasteiger partial charge is 0.459 e. The summed E-state index contributed by atoms with van der Waals surface area (Å²) in [6.45, 7) is 5.57. The first-order valence-electron chi connectivity index (χ1n) is 10.1. The Morgan fingerprint density at radius 3 is 2.21 bits per heavy atom. The maximum Gasteiger partial charge on any atom is 0.289 e. The summed E-state index contributed by atoms with van der Waals surface area (Å²) in [5, 5.41) is 0. The van der Waals surface area contributed by atoms with E-state index in [0.29, 0.717) is 18.8 Å². The minimum atomic E-state index is -0.0783. The average Bonchev–Trinajstić information content (AvgIpc) is 3.29. The third-order valence-electron chi connectivity index (χ3n) is 5.80. The van der Waals surface area contributed by atoms with Crippen molar-refractivity contribution in [2.45, 2.75) is 19.4 Å².